The van der Waals surface area contributed by atoms with Crippen molar-refractivity contribution in [2.75, 3.05) is 32.2 Å². The second-order valence-electron chi connectivity index (χ2n) is 9.35. The monoisotopic (exact) mass is 499 g/mol. The van der Waals surface area contributed by atoms with Crippen LogP contribution in [-0.2, 0) is 19.0 Å². The van der Waals surface area contributed by atoms with Crippen molar-refractivity contribution in [2.45, 2.75) is 38.0 Å². The highest BCUT2D eigenvalue weighted by Crippen LogP contribution is 2.48. The zero-order valence-corrected chi connectivity index (χ0v) is 20.2. The molecule has 5 rings (SSSR count). The second kappa shape index (κ2) is 9.24. The first-order valence-corrected chi connectivity index (χ1v) is 12.0. The number of aliphatic hydroxyl groups excluding tert-OH is 1. The van der Waals surface area contributed by atoms with Gasteiger partial charge in [-0.2, -0.15) is 13.2 Å². The maximum absolute atomic E-state index is 14.2. The summed E-state index contributed by atoms with van der Waals surface area (Å²) in [5.74, 6) is 1.03. The molecule has 1 saturated heterocycles. The topological polar surface area (TPSA) is 62.2 Å². The van der Waals surface area contributed by atoms with Gasteiger partial charge >= 0.3 is 6.18 Å². The van der Waals surface area contributed by atoms with E-state index in [9.17, 15) is 23.4 Å². The number of methoxy groups -OCH3 is 2. The van der Waals surface area contributed by atoms with Crippen molar-refractivity contribution in [3.8, 4) is 39.5 Å². The molecule has 0 radical (unpaired) electrons. The number of alkyl halides is 3. The Labute approximate surface area is 207 Å². The summed E-state index contributed by atoms with van der Waals surface area (Å²) in [6.07, 6.45) is -2.46. The summed E-state index contributed by atoms with van der Waals surface area (Å²) in [6.45, 7) is 0.910. The SMILES string of the molecule is COc1cc(OC)cc(-c2cc(-c3cc(N4CCC(O)C4)ccc3C(F)(F)F)c(O)c3c2CCC3)c1. The average Bonchev–Trinajstić information content (AvgIpc) is 3.53. The molecular formula is C28H28F3NO4. The Balaban J connectivity index is 1.74. The minimum Gasteiger partial charge on any atom is -0.507 e. The van der Waals surface area contributed by atoms with Crippen LogP contribution >= 0.6 is 0 Å². The zero-order chi connectivity index (χ0) is 25.6. The number of halogens is 3. The van der Waals surface area contributed by atoms with E-state index in [4.69, 9.17) is 9.47 Å². The van der Waals surface area contributed by atoms with Gasteiger partial charge in [0, 0.05) is 30.4 Å². The number of hydrogen-bond donors (Lipinski definition) is 2. The maximum Gasteiger partial charge on any atom is 0.417 e. The van der Waals surface area contributed by atoms with Crippen molar-refractivity contribution in [1.29, 1.82) is 0 Å². The number of fused-ring (bicyclic) bond motifs is 1. The van der Waals surface area contributed by atoms with Gasteiger partial charge in [-0.3, -0.25) is 0 Å². The Morgan fingerprint density at radius 3 is 2.19 bits per heavy atom. The molecular weight excluding hydrogens is 471 g/mol. The van der Waals surface area contributed by atoms with Gasteiger partial charge in [0.25, 0.3) is 0 Å². The van der Waals surface area contributed by atoms with Gasteiger partial charge in [-0.1, -0.05) is 0 Å². The van der Waals surface area contributed by atoms with E-state index in [1.807, 2.05) is 17.0 Å². The number of phenolic OH excluding ortho intramolecular Hbond substituents is 1. The molecule has 0 amide bonds. The second-order valence-corrected chi connectivity index (χ2v) is 9.35. The molecule has 8 heteroatoms. The van der Waals surface area contributed by atoms with E-state index in [0.717, 1.165) is 35.6 Å². The van der Waals surface area contributed by atoms with Crippen LogP contribution in [0.4, 0.5) is 18.9 Å². The third-order valence-electron chi connectivity index (χ3n) is 7.16. The smallest absolute Gasteiger partial charge is 0.417 e. The highest BCUT2D eigenvalue weighted by Gasteiger charge is 2.36. The van der Waals surface area contributed by atoms with Crippen LogP contribution in [0.3, 0.4) is 0 Å². The van der Waals surface area contributed by atoms with E-state index in [0.29, 0.717) is 48.7 Å². The fourth-order valence-corrected chi connectivity index (χ4v) is 5.37. The van der Waals surface area contributed by atoms with E-state index in [-0.39, 0.29) is 16.9 Å². The molecule has 0 aromatic heterocycles. The normalized spacial score (nSPS) is 17.4. The Bertz CT molecular complexity index is 1280. The summed E-state index contributed by atoms with van der Waals surface area (Å²) in [5, 5.41) is 21.2. The van der Waals surface area contributed by atoms with Crippen molar-refractivity contribution >= 4 is 5.69 Å². The fourth-order valence-electron chi connectivity index (χ4n) is 5.37. The summed E-state index contributed by atoms with van der Waals surface area (Å²) in [5.41, 5.74) is 2.94. The number of anilines is 1. The van der Waals surface area contributed by atoms with E-state index in [1.54, 1.807) is 26.4 Å². The number of rotatable bonds is 5. The lowest BCUT2D eigenvalue weighted by Gasteiger charge is -2.23. The number of aromatic hydroxyl groups is 1. The predicted molar refractivity (Wildman–Crippen MR) is 132 cm³/mol. The molecule has 2 aliphatic rings. The summed E-state index contributed by atoms with van der Waals surface area (Å²) in [6, 6.07) is 11.0. The molecule has 1 aliphatic heterocycles. The first kappa shape index (κ1) is 24.3. The fraction of sp³-hybridized carbons (Fsp3) is 0.357. The van der Waals surface area contributed by atoms with Crippen molar-refractivity contribution in [2.24, 2.45) is 0 Å². The van der Waals surface area contributed by atoms with Gasteiger partial charge in [0.1, 0.15) is 17.2 Å². The lowest BCUT2D eigenvalue weighted by Crippen LogP contribution is -2.21. The molecule has 0 bridgehead atoms. The van der Waals surface area contributed by atoms with Gasteiger partial charge < -0.3 is 24.6 Å². The van der Waals surface area contributed by atoms with E-state index >= 15 is 0 Å². The van der Waals surface area contributed by atoms with Gasteiger partial charge in [-0.05, 0) is 89.9 Å². The number of benzene rings is 3. The minimum atomic E-state index is -4.61. The van der Waals surface area contributed by atoms with Crippen molar-refractivity contribution in [1.82, 2.24) is 0 Å². The van der Waals surface area contributed by atoms with Crippen LogP contribution in [0, 0.1) is 0 Å². The van der Waals surface area contributed by atoms with Crippen LogP contribution in [0.5, 0.6) is 17.2 Å². The van der Waals surface area contributed by atoms with Crippen LogP contribution in [0.2, 0.25) is 0 Å². The number of aliphatic hydroxyl groups is 1. The molecule has 190 valence electrons. The zero-order valence-electron chi connectivity index (χ0n) is 20.2. The van der Waals surface area contributed by atoms with Crippen molar-refractivity contribution in [3.05, 3.63) is 59.2 Å². The number of ether oxygens (including phenoxy) is 2. The average molecular weight is 500 g/mol. The molecule has 0 saturated carbocycles. The number of nitrogens with zero attached hydrogens (tertiary/aromatic N) is 1. The maximum atomic E-state index is 14.2. The number of hydrogen-bond acceptors (Lipinski definition) is 5. The number of phenols is 1. The van der Waals surface area contributed by atoms with Crippen LogP contribution in [0.25, 0.3) is 22.3 Å². The molecule has 1 unspecified atom stereocenters. The third-order valence-corrected chi connectivity index (χ3v) is 7.16. The molecule has 1 heterocycles. The summed E-state index contributed by atoms with van der Waals surface area (Å²) in [7, 11) is 3.09. The summed E-state index contributed by atoms with van der Waals surface area (Å²) >= 11 is 0. The van der Waals surface area contributed by atoms with Crippen LogP contribution in [-0.4, -0.2) is 43.6 Å². The number of β-amino-alcohol motifs (C(OH)–C–C–N with tert-alkyl or cyclic N) is 1. The van der Waals surface area contributed by atoms with Gasteiger partial charge in [-0.15, -0.1) is 0 Å². The van der Waals surface area contributed by atoms with Crippen molar-refractivity contribution < 1.29 is 32.9 Å². The summed E-state index contributed by atoms with van der Waals surface area (Å²) < 4.78 is 53.3. The third kappa shape index (κ3) is 4.34. The molecule has 3 aromatic carbocycles. The standard InChI is InChI=1S/C28H28F3NO4/c1-35-19-10-16(11-20(13-19)36-2)23-14-25(27(34)22-5-3-4-21(22)23)24-12-17(32-9-8-18(33)15-32)6-7-26(24)28(29,30)31/h6-7,10-14,18,33-34H,3-5,8-9,15H2,1-2H3. The Hall–Kier alpha value is -3.39. The van der Waals surface area contributed by atoms with Crippen LogP contribution < -0.4 is 14.4 Å². The van der Waals surface area contributed by atoms with Crippen molar-refractivity contribution in [3.63, 3.8) is 0 Å². The minimum absolute atomic E-state index is 0.0790. The predicted octanol–water partition coefficient (Wildman–Crippen LogP) is 5.82. The molecule has 3 aromatic rings. The van der Waals surface area contributed by atoms with Gasteiger partial charge in [0.05, 0.1) is 25.9 Å². The molecule has 36 heavy (non-hydrogen) atoms. The molecule has 2 N–H and O–H groups in total. The molecule has 1 fully saturated rings. The Morgan fingerprint density at radius 1 is 0.889 bits per heavy atom. The van der Waals surface area contributed by atoms with E-state index < -0.39 is 17.8 Å². The molecule has 0 spiro atoms. The molecule has 1 aliphatic carbocycles. The van der Waals surface area contributed by atoms with Crippen LogP contribution in [0.15, 0.2) is 42.5 Å². The highest BCUT2D eigenvalue weighted by atomic mass is 19.4. The Kier molecular flexibility index (Phi) is 6.24. The first-order valence-electron chi connectivity index (χ1n) is 12.0. The molecule has 5 nitrogen and oxygen atoms in total. The lowest BCUT2D eigenvalue weighted by atomic mass is 9.88. The van der Waals surface area contributed by atoms with E-state index in [2.05, 4.69) is 0 Å². The first-order chi connectivity index (χ1) is 17.2. The van der Waals surface area contributed by atoms with Gasteiger partial charge in [-0.25, -0.2) is 0 Å². The van der Waals surface area contributed by atoms with Gasteiger partial charge in [0.2, 0.25) is 0 Å². The van der Waals surface area contributed by atoms with E-state index in [1.165, 1.54) is 12.1 Å². The summed E-state index contributed by atoms with van der Waals surface area (Å²) in [4.78, 5) is 1.87. The quantitative estimate of drug-likeness (QED) is 0.463. The van der Waals surface area contributed by atoms with Gasteiger partial charge in [0.15, 0.2) is 0 Å². The molecule has 1 atom stereocenters. The largest absolute Gasteiger partial charge is 0.507 e. The Morgan fingerprint density at radius 2 is 1.58 bits per heavy atom. The van der Waals surface area contributed by atoms with Crippen LogP contribution in [0.1, 0.15) is 29.5 Å². The highest BCUT2D eigenvalue weighted by molar-refractivity contribution is 5.86. The lowest BCUT2D eigenvalue weighted by molar-refractivity contribution is -0.137.